The lowest BCUT2D eigenvalue weighted by atomic mass is 10.1. The van der Waals surface area contributed by atoms with Gasteiger partial charge in [0.15, 0.2) is 0 Å². The molecule has 0 aliphatic carbocycles. The van der Waals surface area contributed by atoms with E-state index >= 15 is 0 Å². The molecule has 2 aromatic carbocycles. The van der Waals surface area contributed by atoms with Gasteiger partial charge in [0.05, 0.1) is 11.0 Å². The molecule has 0 unspecified atom stereocenters. The molecule has 1 saturated heterocycles. The van der Waals surface area contributed by atoms with Gasteiger partial charge in [0.1, 0.15) is 11.6 Å². The molecule has 4 nitrogen and oxygen atoms in total. The highest BCUT2D eigenvalue weighted by Crippen LogP contribution is 2.33. The Morgan fingerprint density at radius 2 is 1.81 bits per heavy atom. The van der Waals surface area contributed by atoms with Crippen molar-refractivity contribution < 1.29 is 4.39 Å². The predicted octanol–water partition coefficient (Wildman–Crippen LogP) is 3.79. The summed E-state index contributed by atoms with van der Waals surface area (Å²) < 4.78 is 15.8. The Hall–Kier alpha value is -2.92. The Morgan fingerprint density at radius 3 is 2.67 bits per heavy atom. The fraction of sp³-hybridized carbons (Fsp3) is 0.227. The van der Waals surface area contributed by atoms with E-state index < -0.39 is 0 Å². The second kappa shape index (κ2) is 6.67. The summed E-state index contributed by atoms with van der Waals surface area (Å²) in [6.07, 6.45) is 2.09. The van der Waals surface area contributed by atoms with Crippen molar-refractivity contribution in [3.8, 4) is 0 Å². The van der Waals surface area contributed by atoms with E-state index in [1.54, 1.807) is 12.1 Å². The number of hydrogen-bond donors (Lipinski definition) is 1. The zero-order valence-electron chi connectivity index (χ0n) is 15.0. The smallest absolute Gasteiger partial charge is 0.138 e. The van der Waals surface area contributed by atoms with E-state index in [0.717, 1.165) is 53.8 Å². The molecule has 1 aliphatic heterocycles. The number of aromatic nitrogens is 2. The summed E-state index contributed by atoms with van der Waals surface area (Å²) in [4.78, 5) is 7.35. The van der Waals surface area contributed by atoms with Crippen molar-refractivity contribution in [2.45, 2.75) is 6.54 Å². The maximum Gasteiger partial charge on any atom is 0.138 e. The molecule has 0 atom stereocenters. The minimum Gasteiger partial charge on any atom is -0.353 e. The van der Waals surface area contributed by atoms with Crippen molar-refractivity contribution in [3.05, 3.63) is 72.2 Å². The second-order valence-corrected chi connectivity index (χ2v) is 7.03. The minimum atomic E-state index is -0.197. The third-order valence-electron chi connectivity index (χ3n) is 5.25. The highest BCUT2D eigenvalue weighted by Gasteiger charge is 2.19. The molecule has 0 spiro atoms. The van der Waals surface area contributed by atoms with Crippen LogP contribution in [0.15, 0.2) is 60.8 Å². The van der Waals surface area contributed by atoms with E-state index in [2.05, 4.69) is 39.2 Å². The number of piperazine rings is 1. The van der Waals surface area contributed by atoms with Crippen LogP contribution in [-0.2, 0) is 6.54 Å². The third-order valence-corrected chi connectivity index (χ3v) is 5.25. The van der Waals surface area contributed by atoms with Gasteiger partial charge in [0, 0.05) is 49.7 Å². The Morgan fingerprint density at radius 1 is 0.963 bits per heavy atom. The number of nitrogens with one attached hydrogen (secondary N) is 1. The van der Waals surface area contributed by atoms with Gasteiger partial charge in [-0.05, 0) is 29.8 Å². The fourth-order valence-corrected chi connectivity index (χ4v) is 3.98. The number of hydrogen-bond acceptors (Lipinski definition) is 3. The summed E-state index contributed by atoms with van der Waals surface area (Å²) >= 11 is 0. The molecule has 1 fully saturated rings. The van der Waals surface area contributed by atoms with Crippen LogP contribution in [0.1, 0.15) is 5.56 Å². The Kier molecular flexibility index (Phi) is 4.02. The average molecular weight is 360 g/mol. The molecule has 1 aliphatic rings. The summed E-state index contributed by atoms with van der Waals surface area (Å²) in [5, 5.41) is 5.69. The number of benzene rings is 2. The van der Waals surface area contributed by atoms with Crippen LogP contribution < -0.4 is 10.2 Å². The van der Waals surface area contributed by atoms with Crippen LogP contribution in [0.5, 0.6) is 0 Å². The van der Waals surface area contributed by atoms with E-state index in [-0.39, 0.29) is 5.82 Å². The number of rotatable bonds is 3. The maximum atomic E-state index is 13.6. The summed E-state index contributed by atoms with van der Waals surface area (Å²) in [6.45, 7) is 4.49. The normalized spacial score (nSPS) is 14.9. The first-order chi connectivity index (χ1) is 13.3. The van der Waals surface area contributed by atoms with Crippen molar-refractivity contribution >= 4 is 27.6 Å². The monoisotopic (exact) mass is 360 g/mol. The maximum absolute atomic E-state index is 13.6. The number of para-hydroxylation sites is 1. The summed E-state index contributed by atoms with van der Waals surface area (Å²) in [7, 11) is 0. The van der Waals surface area contributed by atoms with Gasteiger partial charge in [-0.15, -0.1) is 0 Å². The summed E-state index contributed by atoms with van der Waals surface area (Å²) in [5.41, 5.74) is 3.12. The first-order valence-electron chi connectivity index (χ1n) is 9.37. The first-order valence-corrected chi connectivity index (χ1v) is 9.37. The van der Waals surface area contributed by atoms with E-state index in [1.807, 2.05) is 18.2 Å². The molecular weight excluding hydrogens is 339 g/mol. The van der Waals surface area contributed by atoms with Crippen LogP contribution in [0.4, 0.5) is 10.2 Å². The quantitative estimate of drug-likeness (QED) is 0.603. The molecule has 27 heavy (non-hydrogen) atoms. The molecular formula is C22H21FN4. The van der Waals surface area contributed by atoms with Gasteiger partial charge in [0.2, 0.25) is 0 Å². The topological polar surface area (TPSA) is 33.1 Å². The second-order valence-electron chi connectivity index (χ2n) is 7.03. The minimum absolute atomic E-state index is 0.197. The fourth-order valence-electron chi connectivity index (χ4n) is 3.98. The molecule has 136 valence electrons. The Labute approximate surface area is 157 Å². The summed E-state index contributed by atoms with van der Waals surface area (Å²) in [6, 6.07) is 17.2. The lowest BCUT2D eigenvalue weighted by Gasteiger charge is -2.29. The summed E-state index contributed by atoms with van der Waals surface area (Å²) in [5.74, 6) is 0.847. The van der Waals surface area contributed by atoms with Crippen LogP contribution >= 0.6 is 0 Å². The van der Waals surface area contributed by atoms with Crippen LogP contribution in [0.2, 0.25) is 0 Å². The molecule has 3 heterocycles. The predicted molar refractivity (Wildman–Crippen MR) is 108 cm³/mol. The van der Waals surface area contributed by atoms with E-state index in [0.29, 0.717) is 6.54 Å². The molecule has 4 aromatic rings. The largest absolute Gasteiger partial charge is 0.353 e. The van der Waals surface area contributed by atoms with Gasteiger partial charge in [0.25, 0.3) is 0 Å². The SMILES string of the molecule is Fc1cccc(Cn2ccc3c(N4CCNCC4)nc4ccccc4c32)c1. The van der Waals surface area contributed by atoms with Crippen molar-refractivity contribution in [1.82, 2.24) is 14.9 Å². The number of anilines is 1. The van der Waals surface area contributed by atoms with E-state index in [4.69, 9.17) is 4.98 Å². The lowest BCUT2D eigenvalue weighted by molar-refractivity contribution is 0.587. The zero-order valence-corrected chi connectivity index (χ0v) is 15.0. The first kappa shape index (κ1) is 16.3. The van der Waals surface area contributed by atoms with Gasteiger partial charge in [-0.2, -0.15) is 0 Å². The Balaban J connectivity index is 1.69. The van der Waals surface area contributed by atoms with Gasteiger partial charge >= 0.3 is 0 Å². The van der Waals surface area contributed by atoms with Crippen LogP contribution in [-0.4, -0.2) is 35.7 Å². The van der Waals surface area contributed by atoms with Crippen molar-refractivity contribution in [2.75, 3.05) is 31.1 Å². The standard InChI is InChI=1S/C22H21FN4/c23-17-5-3-4-16(14-17)15-27-11-8-19-21(27)18-6-1-2-7-20(18)25-22(19)26-12-9-24-10-13-26/h1-8,11,14,24H,9-10,12-13,15H2. The van der Waals surface area contributed by atoms with Gasteiger partial charge in [-0.1, -0.05) is 30.3 Å². The van der Waals surface area contributed by atoms with Gasteiger partial charge in [-0.25, -0.2) is 9.37 Å². The number of halogens is 1. The van der Waals surface area contributed by atoms with Crippen LogP contribution in [0, 0.1) is 5.82 Å². The van der Waals surface area contributed by atoms with Crippen molar-refractivity contribution in [1.29, 1.82) is 0 Å². The van der Waals surface area contributed by atoms with Crippen LogP contribution in [0.25, 0.3) is 21.8 Å². The number of pyridine rings is 1. The molecule has 5 heteroatoms. The molecule has 1 N–H and O–H groups in total. The number of fused-ring (bicyclic) bond motifs is 3. The van der Waals surface area contributed by atoms with Crippen molar-refractivity contribution in [2.24, 2.45) is 0 Å². The zero-order chi connectivity index (χ0) is 18.2. The molecule has 0 saturated carbocycles. The average Bonchev–Trinajstić information content (AvgIpc) is 3.12. The van der Waals surface area contributed by atoms with Crippen LogP contribution in [0.3, 0.4) is 0 Å². The molecule has 0 bridgehead atoms. The van der Waals surface area contributed by atoms with E-state index in [9.17, 15) is 4.39 Å². The molecule has 0 radical (unpaired) electrons. The van der Waals surface area contributed by atoms with Gasteiger partial charge < -0.3 is 14.8 Å². The highest BCUT2D eigenvalue weighted by atomic mass is 19.1. The molecule has 0 amide bonds. The molecule has 2 aromatic heterocycles. The Bertz CT molecular complexity index is 1110. The van der Waals surface area contributed by atoms with E-state index in [1.165, 1.54) is 11.6 Å². The highest BCUT2D eigenvalue weighted by molar-refractivity contribution is 6.08. The molecule has 5 rings (SSSR count). The van der Waals surface area contributed by atoms with Crippen molar-refractivity contribution in [3.63, 3.8) is 0 Å². The van der Waals surface area contributed by atoms with Gasteiger partial charge in [-0.3, -0.25) is 0 Å². The lowest BCUT2D eigenvalue weighted by Crippen LogP contribution is -2.44. The number of nitrogens with zero attached hydrogens (tertiary/aromatic N) is 3. The third kappa shape index (κ3) is 2.94.